The molecule has 0 aliphatic rings. The maximum absolute atomic E-state index is 12.3. The van der Waals surface area contributed by atoms with Crippen molar-refractivity contribution in [2.24, 2.45) is 0 Å². The second kappa shape index (κ2) is 10.6. The summed E-state index contributed by atoms with van der Waals surface area (Å²) in [6.07, 6.45) is 0.765. The summed E-state index contributed by atoms with van der Waals surface area (Å²) in [4.78, 5) is 12.2. The van der Waals surface area contributed by atoms with Crippen LogP contribution in [0.2, 0.25) is 0 Å². The molecule has 2 N–H and O–H groups in total. The van der Waals surface area contributed by atoms with Crippen molar-refractivity contribution in [3.8, 4) is 11.5 Å². The molecule has 0 saturated heterocycles. The molecular formula is C15H21F2N3O4S. The molecule has 0 aliphatic heterocycles. The van der Waals surface area contributed by atoms with Gasteiger partial charge in [-0.25, -0.2) is 0 Å². The molecule has 0 heterocycles. The first kappa shape index (κ1) is 20.8. The van der Waals surface area contributed by atoms with E-state index < -0.39 is 12.5 Å². The van der Waals surface area contributed by atoms with E-state index in [2.05, 4.69) is 15.5 Å². The molecule has 0 spiro atoms. The van der Waals surface area contributed by atoms with Gasteiger partial charge in [0.1, 0.15) is 0 Å². The number of ether oxygens (including phenoxy) is 3. The number of hydrogen-bond acceptors (Lipinski definition) is 5. The van der Waals surface area contributed by atoms with Crippen molar-refractivity contribution < 1.29 is 27.8 Å². The fourth-order valence-electron chi connectivity index (χ4n) is 1.80. The standard InChI is InChI=1S/C15H21F2N3O4S/c1-20(15(25)18-7-4-8-22-2)19-13(21)10-5-6-11(24-14(16)17)12(9-10)23-3/h5-6,9,14H,4,7-8H2,1-3H3,(H,18,25)(H,19,21). The number of thiocarbonyl (C=S) groups is 1. The molecular weight excluding hydrogens is 356 g/mol. The SMILES string of the molecule is COCCCNC(=S)N(C)NC(=O)c1ccc(OC(F)F)c(OC)c1. The van der Waals surface area contributed by atoms with Gasteiger partial charge in [0.2, 0.25) is 0 Å². The fourth-order valence-corrected chi connectivity index (χ4v) is 1.95. The highest BCUT2D eigenvalue weighted by Crippen LogP contribution is 2.29. The van der Waals surface area contributed by atoms with Gasteiger partial charge in [-0.1, -0.05) is 0 Å². The van der Waals surface area contributed by atoms with Crippen LogP contribution in [0.15, 0.2) is 18.2 Å². The van der Waals surface area contributed by atoms with Crippen LogP contribution in [0.25, 0.3) is 0 Å². The van der Waals surface area contributed by atoms with Crippen LogP contribution < -0.4 is 20.2 Å². The Balaban J connectivity index is 2.65. The van der Waals surface area contributed by atoms with Crippen molar-refractivity contribution in [3.05, 3.63) is 23.8 Å². The number of hydrogen-bond donors (Lipinski definition) is 2. The van der Waals surface area contributed by atoms with Crippen LogP contribution in [0.5, 0.6) is 11.5 Å². The number of amides is 1. The lowest BCUT2D eigenvalue weighted by Gasteiger charge is -2.22. The smallest absolute Gasteiger partial charge is 0.387 e. The first-order chi connectivity index (χ1) is 11.9. The first-order valence-corrected chi connectivity index (χ1v) is 7.74. The molecule has 0 bridgehead atoms. The Kier molecular flexibility index (Phi) is 8.86. The van der Waals surface area contributed by atoms with E-state index in [4.69, 9.17) is 21.7 Å². The summed E-state index contributed by atoms with van der Waals surface area (Å²) in [6.45, 7) is -1.79. The Hall–Kier alpha value is -2.20. The Morgan fingerprint density at radius 1 is 1.32 bits per heavy atom. The molecule has 10 heteroatoms. The third kappa shape index (κ3) is 7.06. The van der Waals surface area contributed by atoms with Crippen LogP contribution in [-0.4, -0.2) is 57.1 Å². The summed E-state index contributed by atoms with van der Waals surface area (Å²) in [6, 6.07) is 3.88. The predicted molar refractivity (Wildman–Crippen MR) is 91.9 cm³/mol. The van der Waals surface area contributed by atoms with Gasteiger partial charge in [0.25, 0.3) is 5.91 Å². The number of nitrogens with one attached hydrogen (secondary N) is 2. The van der Waals surface area contributed by atoms with Crippen molar-refractivity contribution in [2.45, 2.75) is 13.0 Å². The second-order valence-electron chi connectivity index (χ2n) is 4.82. The van der Waals surface area contributed by atoms with Crippen LogP contribution in [-0.2, 0) is 4.74 Å². The highest BCUT2D eigenvalue weighted by molar-refractivity contribution is 7.80. The zero-order chi connectivity index (χ0) is 18.8. The summed E-state index contributed by atoms with van der Waals surface area (Å²) >= 11 is 5.14. The van der Waals surface area contributed by atoms with E-state index >= 15 is 0 Å². The van der Waals surface area contributed by atoms with Crippen molar-refractivity contribution >= 4 is 23.2 Å². The van der Waals surface area contributed by atoms with Crippen LogP contribution in [0.1, 0.15) is 16.8 Å². The molecule has 0 saturated carbocycles. The summed E-state index contributed by atoms with van der Waals surface area (Å²) in [7, 11) is 4.48. The third-order valence-corrected chi connectivity index (χ3v) is 3.44. The molecule has 1 aromatic carbocycles. The zero-order valence-corrected chi connectivity index (χ0v) is 15.0. The average Bonchev–Trinajstić information content (AvgIpc) is 2.58. The van der Waals surface area contributed by atoms with Gasteiger partial charge in [-0.3, -0.25) is 15.2 Å². The molecule has 1 amide bonds. The number of rotatable bonds is 8. The van der Waals surface area contributed by atoms with E-state index in [1.165, 1.54) is 30.3 Å². The van der Waals surface area contributed by atoms with E-state index in [0.717, 1.165) is 6.42 Å². The van der Waals surface area contributed by atoms with Crippen LogP contribution in [0, 0.1) is 0 Å². The number of carbonyl (C=O) groups excluding carboxylic acids is 1. The highest BCUT2D eigenvalue weighted by atomic mass is 32.1. The minimum Gasteiger partial charge on any atom is -0.493 e. The minimum absolute atomic E-state index is 0.0240. The molecule has 0 atom stereocenters. The Bertz CT molecular complexity index is 590. The normalized spacial score (nSPS) is 10.3. The molecule has 0 radical (unpaired) electrons. The van der Waals surface area contributed by atoms with Gasteiger partial charge in [0, 0.05) is 32.9 Å². The van der Waals surface area contributed by atoms with E-state index in [0.29, 0.717) is 18.3 Å². The van der Waals surface area contributed by atoms with Gasteiger partial charge < -0.3 is 19.5 Å². The van der Waals surface area contributed by atoms with Gasteiger partial charge in [-0.05, 0) is 36.8 Å². The first-order valence-electron chi connectivity index (χ1n) is 7.33. The van der Waals surface area contributed by atoms with Gasteiger partial charge in [-0.15, -0.1) is 0 Å². The summed E-state index contributed by atoms with van der Waals surface area (Å²) in [5.74, 6) is -0.612. The number of nitrogens with zero attached hydrogens (tertiary/aromatic N) is 1. The lowest BCUT2D eigenvalue weighted by molar-refractivity contribution is -0.0512. The molecule has 1 rings (SSSR count). The van der Waals surface area contributed by atoms with E-state index in [1.807, 2.05) is 0 Å². The summed E-state index contributed by atoms with van der Waals surface area (Å²) in [5, 5.41) is 4.64. The molecule has 140 valence electrons. The number of benzene rings is 1. The van der Waals surface area contributed by atoms with Crippen LogP contribution >= 0.6 is 12.2 Å². The van der Waals surface area contributed by atoms with Gasteiger partial charge in [-0.2, -0.15) is 8.78 Å². The molecule has 0 aromatic heterocycles. The van der Waals surface area contributed by atoms with Crippen molar-refractivity contribution in [1.82, 2.24) is 15.8 Å². The summed E-state index contributed by atoms with van der Waals surface area (Å²) in [5.41, 5.74) is 2.76. The lowest BCUT2D eigenvalue weighted by atomic mass is 10.2. The monoisotopic (exact) mass is 377 g/mol. The minimum atomic E-state index is -2.98. The quantitative estimate of drug-likeness (QED) is 0.407. The number of methoxy groups -OCH3 is 2. The van der Waals surface area contributed by atoms with E-state index in [9.17, 15) is 13.6 Å². The second-order valence-corrected chi connectivity index (χ2v) is 5.21. The van der Waals surface area contributed by atoms with E-state index in [-0.39, 0.29) is 17.1 Å². The fraction of sp³-hybridized carbons (Fsp3) is 0.467. The predicted octanol–water partition coefficient (Wildman–Crippen LogP) is 1.78. The van der Waals surface area contributed by atoms with Crippen LogP contribution in [0.3, 0.4) is 0 Å². The number of halogens is 2. The summed E-state index contributed by atoms with van der Waals surface area (Å²) < 4.78 is 38.8. The number of carbonyl (C=O) groups is 1. The lowest BCUT2D eigenvalue weighted by Crippen LogP contribution is -2.48. The molecule has 7 nitrogen and oxygen atoms in total. The van der Waals surface area contributed by atoms with E-state index in [1.54, 1.807) is 14.2 Å². The third-order valence-electron chi connectivity index (χ3n) is 3.02. The number of alkyl halides is 2. The maximum Gasteiger partial charge on any atom is 0.387 e. The zero-order valence-electron chi connectivity index (χ0n) is 14.2. The topological polar surface area (TPSA) is 72.1 Å². The van der Waals surface area contributed by atoms with Crippen molar-refractivity contribution in [1.29, 1.82) is 0 Å². The molecule has 0 unspecified atom stereocenters. The van der Waals surface area contributed by atoms with Crippen LogP contribution in [0.4, 0.5) is 8.78 Å². The van der Waals surface area contributed by atoms with Crippen molar-refractivity contribution in [3.63, 3.8) is 0 Å². The van der Waals surface area contributed by atoms with Crippen molar-refractivity contribution in [2.75, 3.05) is 34.4 Å². The van der Waals surface area contributed by atoms with Gasteiger partial charge in [0.15, 0.2) is 16.6 Å². The molecule has 1 aromatic rings. The molecule has 25 heavy (non-hydrogen) atoms. The maximum atomic E-state index is 12.3. The molecule has 0 fully saturated rings. The van der Waals surface area contributed by atoms with Gasteiger partial charge >= 0.3 is 6.61 Å². The molecule has 0 aliphatic carbocycles. The Labute approximate surface area is 150 Å². The average molecular weight is 377 g/mol. The Morgan fingerprint density at radius 2 is 2.04 bits per heavy atom. The van der Waals surface area contributed by atoms with Gasteiger partial charge in [0.05, 0.1) is 7.11 Å². The number of hydrazine groups is 1. The largest absolute Gasteiger partial charge is 0.493 e. The Morgan fingerprint density at radius 3 is 2.64 bits per heavy atom. The highest BCUT2D eigenvalue weighted by Gasteiger charge is 2.15.